The Morgan fingerprint density at radius 3 is 2.45 bits per heavy atom. The molecule has 0 saturated carbocycles. The minimum atomic E-state index is -4.13. The fourth-order valence-corrected chi connectivity index (χ4v) is 3.08. The number of nitro benzene ring substituents is 1. The van der Waals surface area contributed by atoms with Crippen LogP contribution in [0.1, 0.15) is 0 Å². The Morgan fingerprint density at radius 2 is 1.82 bits per heavy atom. The van der Waals surface area contributed by atoms with E-state index in [2.05, 4.69) is 4.72 Å². The molecule has 0 bridgehead atoms. The van der Waals surface area contributed by atoms with Gasteiger partial charge in [0.1, 0.15) is 0 Å². The molecule has 0 spiro atoms. The van der Waals surface area contributed by atoms with Crippen LogP contribution < -0.4 is 4.72 Å². The van der Waals surface area contributed by atoms with Crippen molar-refractivity contribution < 1.29 is 18.4 Å². The zero-order valence-electron chi connectivity index (χ0n) is 10.7. The van der Waals surface area contributed by atoms with Crippen LogP contribution in [0.5, 0.6) is 5.75 Å². The van der Waals surface area contributed by atoms with Gasteiger partial charge in [0.15, 0.2) is 5.75 Å². The Balaban J connectivity index is 2.45. The van der Waals surface area contributed by atoms with Crippen LogP contribution in [0.4, 0.5) is 11.4 Å². The maximum absolute atomic E-state index is 12.2. The van der Waals surface area contributed by atoms with Crippen LogP contribution in [0.25, 0.3) is 0 Å². The van der Waals surface area contributed by atoms with Gasteiger partial charge in [-0.15, -0.1) is 0 Å². The summed E-state index contributed by atoms with van der Waals surface area (Å²) in [4.78, 5) is 9.47. The van der Waals surface area contributed by atoms with E-state index in [1.54, 1.807) is 0 Å². The van der Waals surface area contributed by atoms with Crippen molar-refractivity contribution in [3.8, 4) is 5.75 Å². The van der Waals surface area contributed by atoms with E-state index in [0.717, 1.165) is 18.2 Å². The second-order valence-corrected chi connectivity index (χ2v) is 6.66. The standard InChI is InChI=1S/C12H8Cl2N2O5S/c13-7-1-3-9(14)10(5-7)15-22(20,21)8-2-4-12(17)11(6-8)16(18)19/h1-6,15,17H. The zero-order valence-corrected chi connectivity index (χ0v) is 13.0. The molecule has 0 unspecified atom stereocenters. The third kappa shape index (κ3) is 3.41. The van der Waals surface area contributed by atoms with E-state index in [1.165, 1.54) is 18.2 Å². The fraction of sp³-hybridized carbons (Fsp3) is 0. The molecule has 2 N–H and O–H groups in total. The Bertz CT molecular complexity index is 855. The summed E-state index contributed by atoms with van der Waals surface area (Å²) in [6.45, 7) is 0. The van der Waals surface area contributed by atoms with Gasteiger partial charge in [-0.1, -0.05) is 23.2 Å². The Hall–Kier alpha value is -2.03. The molecule has 2 aromatic carbocycles. The number of hydrogen-bond donors (Lipinski definition) is 2. The van der Waals surface area contributed by atoms with Crippen molar-refractivity contribution in [1.82, 2.24) is 0 Å². The first kappa shape index (κ1) is 16.3. The molecule has 0 saturated heterocycles. The molecule has 10 heteroatoms. The van der Waals surface area contributed by atoms with Gasteiger partial charge in [-0.2, -0.15) is 0 Å². The quantitative estimate of drug-likeness (QED) is 0.639. The lowest BCUT2D eigenvalue weighted by atomic mass is 10.3. The van der Waals surface area contributed by atoms with Crippen molar-refractivity contribution in [3.63, 3.8) is 0 Å². The van der Waals surface area contributed by atoms with Crippen molar-refractivity contribution in [3.05, 3.63) is 56.6 Å². The number of sulfonamides is 1. The smallest absolute Gasteiger partial charge is 0.312 e. The number of aromatic hydroxyl groups is 1. The normalized spacial score (nSPS) is 11.2. The molecule has 0 amide bonds. The first-order valence-electron chi connectivity index (χ1n) is 5.66. The maximum atomic E-state index is 12.2. The van der Waals surface area contributed by atoms with Crippen LogP contribution in [0.3, 0.4) is 0 Å². The third-order valence-electron chi connectivity index (χ3n) is 2.63. The van der Waals surface area contributed by atoms with Crippen LogP contribution in [-0.2, 0) is 10.0 Å². The molecule has 0 heterocycles. The highest BCUT2D eigenvalue weighted by Gasteiger charge is 2.22. The largest absolute Gasteiger partial charge is 0.502 e. The van der Waals surface area contributed by atoms with Crippen molar-refractivity contribution in [2.75, 3.05) is 4.72 Å². The second-order valence-electron chi connectivity index (χ2n) is 4.14. The number of hydrogen-bond acceptors (Lipinski definition) is 5. The zero-order chi connectivity index (χ0) is 16.5. The van der Waals surface area contributed by atoms with Crippen LogP contribution in [0.15, 0.2) is 41.3 Å². The Labute approximate surface area is 135 Å². The number of nitrogens with one attached hydrogen (secondary N) is 1. The topological polar surface area (TPSA) is 110 Å². The predicted octanol–water partition coefficient (Wildman–Crippen LogP) is 3.41. The molecule has 7 nitrogen and oxygen atoms in total. The Kier molecular flexibility index (Phi) is 4.45. The second kappa shape index (κ2) is 5.99. The summed E-state index contributed by atoms with van der Waals surface area (Å²) < 4.78 is 26.6. The third-order valence-corrected chi connectivity index (χ3v) is 4.55. The summed E-state index contributed by atoms with van der Waals surface area (Å²) in [5.74, 6) is -0.635. The highest BCUT2D eigenvalue weighted by Crippen LogP contribution is 2.31. The molecule has 0 aliphatic carbocycles. The molecule has 0 aliphatic heterocycles. The summed E-state index contributed by atoms with van der Waals surface area (Å²) in [6, 6.07) is 6.88. The van der Waals surface area contributed by atoms with E-state index in [9.17, 15) is 23.6 Å². The molecule has 0 radical (unpaired) electrons. The molecule has 0 atom stereocenters. The minimum Gasteiger partial charge on any atom is -0.502 e. The van der Waals surface area contributed by atoms with Gasteiger partial charge < -0.3 is 5.11 Å². The lowest BCUT2D eigenvalue weighted by molar-refractivity contribution is -0.386. The molecule has 22 heavy (non-hydrogen) atoms. The summed E-state index contributed by atoms with van der Waals surface area (Å²) in [6.07, 6.45) is 0. The van der Waals surface area contributed by atoms with Crippen molar-refractivity contribution in [2.45, 2.75) is 4.90 Å². The number of phenolic OH excluding ortho intramolecular Hbond substituents is 1. The molecule has 116 valence electrons. The average Bonchev–Trinajstić information content (AvgIpc) is 2.42. The van der Waals surface area contributed by atoms with Gasteiger partial charge in [-0.25, -0.2) is 8.42 Å². The van der Waals surface area contributed by atoms with Crippen molar-refractivity contribution in [1.29, 1.82) is 0 Å². The number of halogens is 2. The van der Waals surface area contributed by atoms with Gasteiger partial charge in [0.25, 0.3) is 10.0 Å². The monoisotopic (exact) mass is 362 g/mol. The van der Waals surface area contributed by atoms with Crippen LogP contribution in [-0.4, -0.2) is 18.4 Å². The fourth-order valence-electron chi connectivity index (χ4n) is 1.60. The van der Waals surface area contributed by atoms with Gasteiger partial charge in [-0.3, -0.25) is 14.8 Å². The van der Waals surface area contributed by atoms with Crippen LogP contribution in [0, 0.1) is 10.1 Å². The summed E-state index contributed by atoms with van der Waals surface area (Å²) in [5, 5.41) is 20.5. The molecule has 0 aromatic heterocycles. The lowest BCUT2D eigenvalue weighted by Gasteiger charge is -2.10. The molecule has 2 aromatic rings. The van der Waals surface area contributed by atoms with E-state index < -0.39 is 31.3 Å². The van der Waals surface area contributed by atoms with E-state index in [0.29, 0.717) is 0 Å². The van der Waals surface area contributed by atoms with Crippen molar-refractivity contribution >= 4 is 44.6 Å². The van der Waals surface area contributed by atoms with Gasteiger partial charge in [0.2, 0.25) is 0 Å². The molecule has 0 aliphatic rings. The van der Waals surface area contributed by atoms with Crippen molar-refractivity contribution in [2.24, 2.45) is 0 Å². The molecule has 0 fully saturated rings. The first-order valence-corrected chi connectivity index (χ1v) is 7.90. The van der Waals surface area contributed by atoms with E-state index in [-0.39, 0.29) is 15.7 Å². The number of rotatable bonds is 4. The molecular formula is C12H8Cl2N2O5S. The highest BCUT2D eigenvalue weighted by atomic mass is 35.5. The predicted molar refractivity (Wildman–Crippen MR) is 82.0 cm³/mol. The van der Waals surface area contributed by atoms with Gasteiger partial charge in [-0.05, 0) is 30.3 Å². The summed E-state index contributed by atoms with van der Waals surface area (Å²) >= 11 is 11.6. The first-order chi connectivity index (χ1) is 10.2. The number of anilines is 1. The van der Waals surface area contributed by atoms with E-state index in [4.69, 9.17) is 23.2 Å². The number of benzene rings is 2. The summed E-state index contributed by atoms with van der Waals surface area (Å²) in [7, 11) is -4.13. The average molecular weight is 363 g/mol. The Morgan fingerprint density at radius 1 is 1.14 bits per heavy atom. The number of nitrogens with zero attached hydrogens (tertiary/aromatic N) is 1. The highest BCUT2D eigenvalue weighted by molar-refractivity contribution is 7.92. The minimum absolute atomic E-state index is 0.0323. The SMILES string of the molecule is O=[N+]([O-])c1cc(S(=O)(=O)Nc2cc(Cl)ccc2Cl)ccc1O. The van der Waals surface area contributed by atoms with E-state index >= 15 is 0 Å². The number of phenols is 1. The summed E-state index contributed by atoms with van der Waals surface area (Å²) in [5.41, 5.74) is -0.690. The molecule has 2 rings (SSSR count). The van der Waals surface area contributed by atoms with E-state index in [1.807, 2.05) is 0 Å². The van der Waals surface area contributed by atoms with Crippen LogP contribution >= 0.6 is 23.2 Å². The van der Waals surface area contributed by atoms with Gasteiger partial charge >= 0.3 is 5.69 Å². The van der Waals surface area contributed by atoms with Gasteiger partial charge in [0.05, 0.1) is 20.5 Å². The van der Waals surface area contributed by atoms with Crippen LogP contribution in [0.2, 0.25) is 10.0 Å². The number of nitro groups is 1. The van der Waals surface area contributed by atoms with Gasteiger partial charge in [0, 0.05) is 11.1 Å². The maximum Gasteiger partial charge on any atom is 0.312 e. The molecular weight excluding hydrogens is 355 g/mol. The lowest BCUT2D eigenvalue weighted by Crippen LogP contribution is -2.13.